The minimum absolute atomic E-state index is 0.0968. The van der Waals surface area contributed by atoms with Gasteiger partial charge in [-0.05, 0) is 47.0 Å². The van der Waals surface area contributed by atoms with Gasteiger partial charge in [-0.1, -0.05) is 93.6 Å². The van der Waals surface area contributed by atoms with Gasteiger partial charge < -0.3 is 9.53 Å². The van der Waals surface area contributed by atoms with E-state index in [1.165, 1.54) is 10.4 Å². The molecule has 3 aromatic carbocycles. The normalized spacial score (nSPS) is 12.6. The molecule has 0 amide bonds. The quantitative estimate of drug-likeness (QED) is 0.631. The van der Waals surface area contributed by atoms with Crippen LogP contribution in [0.15, 0.2) is 84.9 Å². The van der Waals surface area contributed by atoms with E-state index in [2.05, 4.69) is 69.3 Å². The van der Waals surface area contributed by atoms with Gasteiger partial charge in [0.2, 0.25) is 0 Å². The molecule has 0 radical (unpaired) electrons. The number of rotatable bonds is 5. The van der Waals surface area contributed by atoms with Crippen LogP contribution in [0.2, 0.25) is 5.04 Å². The van der Waals surface area contributed by atoms with Gasteiger partial charge in [0.05, 0.1) is 5.60 Å². The lowest BCUT2D eigenvalue weighted by Crippen LogP contribution is -2.68. The molecular weight excluding hydrogens is 360 g/mol. The molecular formula is C25H30O2Si. The van der Waals surface area contributed by atoms with Gasteiger partial charge in [-0.2, -0.15) is 0 Å². The summed E-state index contributed by atoms with van der Waals surface area (Å²) >= 11 is 0. The summed E-state index contributed by atoms with van der Waals surface area (Å²) < 4.78 is 7.00. The smallest absolute Gasteiger partial charge is 0.319 e. The molecule has 3 heteroatoms. The summed E-state index contributed by atoms with van der Waals surface area (Å²) in [5, 5.41) is 12.8. The molecule has 0 saturated heterocycles. The highest BCUT2D eigenvalue weighted by molar-refractivity contribution is 7.00. The molecule has 0 aliphatic rings. The monoisotopic (exact) mass is 390 g/mol. The first-order valence-corrected chi connectivity index (χ1v) is 11.7. The highest BCUT2D eigenvalue weighted by Crippen LogP contribution is 2.38. The van der Waals surface area contributed by atoms with Crippen LogP contribution in [-0.2, 0) is 5.60 Å². The summed E-state index contributed by atoms with van der Waals surface area (Å²) in [6.07, 6.45) is 0. The Labute approximate surface area is 170 Å². The molecule has 0 unspecified atom stereocenters. The fraction of sp³-hybridized carbons (Fsp3) is 0.280. The van der Waals surface area contributed by atoms with Crippen molar-refractivity contribution in [3.05, 3.63) is 90.5 Å². The SMILES string of the molecule is CC(C)(O)c1cccc(O[Si](c2ccccc2)(c2ccccc2)C(C)(C)C)c1. The highest BCUT2D eigenvalue weighted by Gasteiger charge is 2.52. The second-order valence-corrected chi connectivity index (χ2v) is 13.1. The Kier molecular flexibility index (Phi) is 5.51. The van der Waals surface area contributed by atoms with Crippen molar-refractivity contribution >= 4 is 18.7 Å². The zero-order valence-electron chi connectivity index (χ0n) is 17.4. The second kappa shape index (κ2) is 7.57. The van der Waals surface area contributed by atoms with Crippen molar-refractivity contribution in [2.75, 3.05) is 0 Å². The number of benzene rings is 3. The Hall–Kier alpha value is -2.36. The fourth-order valence-corrected chi connectivity index (χ4v) is 8.18. The summed E-state index contributed by atoms with van der Waals surface area (Å²) in [5.41, 5.74) is -0.0620. The van der Waals surface area contributed by atoms with Crippen molar-refractivity contribution in [2.45, 2.75) is 45.3 Å². The molecule has 2 nitrogen and oxygen atoms in total. The average Bonchev–Trinajstić information content (AvgIpc) is 2.66. The third-order valence-corrected chi connectivity index (χ3v) is 10.2. The van der Waals surface area contributed by atoms with Gasteiger partial charge in [-0.25, -0.2) is 0 Å². The number of hydrogen-bond donors (Lipinski definition) is 1. The van der Waals surface area contributed by atoms with Gasteiger partial charge in [0.1, 0.15) is 5.75 Å². The molecule has 0 bridgehead atoms. The van der Waals surface area contributed by atoms with Crippen LogP contribution in [0.1, 0.15) is 40.2 Å². The number of aliphatic hydroxyl groups is 1. The molecule has 0 atom stereocenters. The third-order valence-electron chi connectivity index (χ3n) is 5.23. The standard InChI is InChI=1S/C25H30O2Si/c1-24(2,3)28(22-15-8-6-9-16-22,23-17-10-7-11-18-23)27-21-14-12-13-20(19-21)25(4,5)26/h6-19,26H,1-5H3. The van der Waals surface area contributed by atoms with E-state index in [1.807, 2.05) is 36.4 Å². The van der Waals surface area contributed by atoms with Crippen molar-refractivity contribution in [3.63, 3.8) is 0 Å². The Morgan fingerprint density at radius 3 is 1.61 bits per heavy atom. The first kappa shape index (κ1) is 20.4. The maximum atomic E-state index is 10.5. The molecule has 0 heterocycles. The van der Waals surface area contributed by atoms with Crippen molar-refractivity contribution < 1.29 is 9.53 Å². The first-order valence-electron chi connectivity index (χ1n) is 9.77. The predicted octanol–water partition coefficient (Wildman–Crippen LogP) is 4.85. The van der Waals surface area contributed by atoms with Crippen LogP contribution < -0.4 is 14.8 Å². The fourth-order valence-electron chi connectivity index (χ4n) is 3.77. The van der Waals surface area contributed by atoms with Crippen LogP contribution in [0, 0.1) is 0 Å². The summed E-state index contributed by atoms with van der Waals surface area (Å²) in [4.78, 5) is 0. The van der Waals surface area contributed by atoms with E-state index in [-0.39, 0.29) is 5.04 Å². The van der Waals surface area contributed by atoms with Crippen LogP contribution in [-0.4, -0.2) is 13.4 Å². The van der Waals surface area contributed by atoms with Gasteiger partial charge in [-0.3, -0.25) is 0 Å². The largest absolute Gasteiger partial charge is 0.534 e. The topological polar surface area (TPSA) is 29.5 Å². The van der Waals surface area contributed by atoms with Crippen LogP contribution >= 0.6 is 0 Å². The van der Waals surface area contributed by atoms with E-state index >= 15 is 0 Å². The summed E-state index contributed by atoms with van der Waals surface area (Å²) in [6, 6.07) is 29.0. The minimum atomic E-state index is -2.65. The summed E-state index contributed by atoms with van der Waals surface area (Å²) in [6.45, 7) is 10.4. The van der Waals surface area contributed by atoms with Crippen LogP contribution in [0.5, 0.6) is 5.75 Å². The molecule has 146 valence electrons. The molecule has 0 aliphatic carbocycles. The average molecular weight is 391 g/mol. The van der Waals surface area contributed by atoms with Crippen molar-refractivity contribution in [1.29, 1.82) is 0 Å². The Morgan fingerprint density at radius 1 is 0.679 bits per heavy atom. The zero-order chi connectivity index (χ0) is 20.4. The van der Waals surface area contributed by atoms with Gasteiger partial charge in [0, 0.05) is 0 Å². The Morgan fingerprint density at radius 2 is 1.18 bits per heavy atom. The Bertz CT molecular complexity index is 867. The zero-order valence-corrected chi connectivity index (χ0v) is 18.4. The molecule has 0 aliphatic heterocycles. The lowest BCUT2D eigenvalue weighted by atomic mass is 9.98. The Balaban J connectivity index is 2.23. The lowest BCUT2D eigenvalue weighted by Gasteiger charge is -2.43. The summed E-state index contributed by atoms with van der Waals surface area (Å²) in [5.74, 6) is 0.800. The van der Waals surface area contributed by atoms with Crippen molar-refractivity contribution in [1.82, 2.24) is 0 Å². The van der Waals surface area contributed by atoms with E-state index in [1.54, 1.807) is 13.8 Å². The van der Waals surface area contributed by atoms with Gasteiger partial charge in [0.25, 0.3) is 0 Å². The molecule has 0 spiro atoms. The summed E-state index contributed by atoms with van der Waals surface area (Å²) in [7, 11) is -2.65. The lowest BCUT2D eigenvalue weighted by molar-refractivity contribution is 0.0784. The van der Waals surface area contributed by atoms with Crippen LogP contribution in [0.25, 0.3) is 0 Å². The van der Waals surface area contributed by atoms with Crippen molar-refractivity contribution in [2.24, 2.45) is 0 Å². The predicted molar refractivity (Wildman–Crippen MR) is 120 cm³/mol. The van der Waals surface area contributed by atoms with Gasteiger partial charge in [0.15, 0.2) is 0 Å². The molecule has 1 N–H and O–H groups in total. The van der Waals surface area contributed by atoms with E-state index in [0.717, 1.165) is 11.3 Å². The molecule has 0 aromatic heterocycles. The molecule has 3 aromatic rings. The molecule has 0 fully saturated rings. The third kappa shape index (κ3) is 3.91. The highest BCUT2D eigenvalue weighted by atomic mass is 28.4. The molecule has 0 saturated carbocycles. The van der Waals surface area contributed by atoms with Crippen molar-refractivity contribution in [3.8, 4) is 5.75 Å². The van der Waals surface area contributed by atoms with Crippen LogP contribution in [0.4, 0.5) is 0 Å². The minimum Gasteiger partial charge on any atom is -0.534 e. The molecule has 3 rings (SSSR count). The first-order chi connectivity index (χ1) is 13.1. The van der Waals surface area contributed by atoms with E-state index in [4.69, 9.17) is 4.43 Å². The van der Waals surface area contributed by atoms with Gasteiger partial charge in [-0.15, -0.1) is 0 Å². The second-order valence-electron chi connectivity index (χ2n) is 8.85. The van der Waals surface area contributed by atoms with Crippen LogP contribution in [0.3, 0.4) is 0 Å². The van der Waals surface area contributed by atoms with Gasteiger partial charge >= 0.3 is 8.32 Å². The van der Waals surface area contributed by atoms with E-state index < -0.39 is 13.9 Å². The maximum Gasteiger partial charge on any atom is 0.319 e. The number of hydrogen-bond acceptors (Lipinski definition) is 2. The van der Waals surface area contributed by atoms with E-state index in [9.17, 15) is 5.11 Å². The molecule has 28 heavy (non-hydrogen) atoms. The van der Waals surface area contributed by atoms with E-state index in [0.29, 0.717) is 0 Å². The maximum absolute atomic E-state index is 10.5.